The van der Waals surface area contributed by atoms with Gasteiger partial charge in [-0.3, -0.25) is 4.79 Å². The van der Waals surface area contributed by atoms with Crippen LogP contribution in [0.25, 0.3) is 0 Å². The lowest BCUT2D eigenvalue weighted by Gasteiger charge is -2.11. The first-order valence-corrected chi connectivity index (χ1v) is 9.77. The Balaban J connectivity index is 1.60. The lowest BCUT2D eigenvalue weighted by Crippen LogP contribution is -2.18. The van der Waals surface area contributed by atoms with E-state index in [1.54, 1.807) is 7.11 Å². The zero-order valence-electron chi connectivity index (χ0n) is 16.1. The summed E-state index contributed by atoms with van der Waals surface area (Å²) in [4.78, 5) is 12.3. The van der Waals surface area contributed by atoms with E-state index in [-0.39, 0.29) is 11.7 Å². The Hall–Kier alpha value is -3.00. The quantitative estimate of drug-likeness (QED) is 0.470. The topological polar surface area (TPSA) is 95.1 Å². The third-order valence-electron chi connectivity index (χ3n) is 4.33. The average molecular weight is 398 g/mol. The van der Waals surface area contributed by atoms with Gasteiger partial charge in [-0.05, 0) is 42.7 Å². The van der Waals surface area contributed by atoms with Crippen LogP contribution in [-0.2, 0) is 11.2 Å². The Bertz CT molecular complexity index is 949. The molecule has 1 heterocycles. The standard InChI is InChI=1S/C20H23N5O2S/c1-13-5-4-6-14(2)19(13)22-18(26)12-28-20-24-23-17(25(20)21)11-15-7-9-16(27-3)10-8-15/h4-10H,11-12,21H2,1-3H3,(H,22,26). The summed E-state index contributed by atoms with van der Waals surface area (Å²) in [6.07, 6.45) is 0.544. The SMILES string of the molecule is COc1ccc(Cc2nnc(SCC(=O)Nc3c(C)cccc3C)n2N)cc1. The summed E-state index contributed by atoms with van der Waals surface area (Å²) in [5, 5.41) is 11.7. The molecule has 0 aliphatic rings. The van der Waals surface area contributed by atoms with Gasteiger partial charge in [-0.1, -0.05) is 42.1 Å². The van der Waals surface area contributed by atoms with Crippen LogP contribution in [0.2, 0.25) is 0 Å². The van der Waals surface area contributed by atoms with Crippen LogP contribution in [0, 0.1) is 13.8 Å². The molecular weight excluding hydrogens is 374 g/mol. The van der Waals surface area contributed by atoms with Crippen molar-refractivity contribution in [2.24, 2.45) is 0 Å². The van der Waals surface area contributed by atoms with E-state index in [1.807, 2.05) is 56.3 Å². The maximum atomic E-state index is 12.3. The van der Waals surface area contributed by atoms with Crippen LogP contribution in [0.1, 0.15) is 22.5 Å². The number of methoxy groups -OCH3 is 1. The van der Waals surface area contributed by atoms with Gasteiger partial charge in [0.25, 0.3) is 0 Å². The number of carbonyl (C=O) groups is 1. The van der Waals surface area contributed by atoms with E-state index in [4.69, 9.17) is 10.6 Å². The summed E-state index contributed by atoms with van der Waals surface area (Å²) in [6, 6.07) is 13.6. The van der Waals surface area contributed by atoms with Gasteiger partial charge >= 0.3 is 0 Å². The molecule has 3 aromatic rings. The van der Waals surface area contributed by atoms with Crippen LogP contribution in [0.15, 0.2) is 47.6 Å². The number of rotatable bonds is 7. The monoisotopic (exact) mass is 397 g/mol. The molecule has 28 heavy (non-hydrogen) atoms. The van der Waals surface area contributed by atoms with Gasteiger partial charge in [0.15, 0.2) is 5.82 Å². The van der Waals surface area contributed by atoms with E-state index in [2.05, 4.69) is 15.5 Å². The van der Waals surface area contributed by atoms with E-state index in [0.29, 0.717) is 17.4 Å². The second-order valence-electron chi connectivity index (χ2n) is 6.40. The van der Waals surface area contributed by atoms with Gasteiger partial charge in [-0.15, -0.1) is 10.2 Å². The van der Waals surface area contributed by atoms with Crippen LogP contribution >= 0.6 is 11.8 Å². The molecular formula is C20H23N5O2S. The number of hydrogen-bond acceptors (Lipinski definition) is 6. The fourth-order valence-electron chi connectivity index (χ4n) is 2.77. The number of nitrogens with two attached hydrogens (primary N) is 1. The molecule has 0 saturated carbocycles. The first-order valence-electron chi connectivity index (χ1n) is 8.79. The molecule has 8 heteroatoms. The lowest BCUT2D eigenvalue weighted by atomic mass is 10.1. The van der Waals surface area contributed by atoms with Gasteiger partial charge in [0.05, 0.1) is 12.9 Å². The third kappa shape index (κ3) is 4.64. The van der Waals surface area contributed by atoms with E-state index in [0.717, 1.165) is 28.1 Å². The van der Waals surface area contributed by atoms with Gasteiger partial charge < -0.3 is 15.9 Å². The molecule has 2 aromatic carbocycles. The number of carbonyl (C=O) groups excluding carboxylic acids is 1. The van der Waals surface area contributed by atoms with Crippen LogP contribution in [-0.4, -0.2) is 33.6 Å². The van der Waals surface area contributed by atoms with Crippen molar-refractivity contribution in [1.82, 2.24) is 14.9 Å². The zero-order valence-corrected chi connectivity index (χ0v) is 16.9. The van der Waals surface area contributed by atoms with Crippen LogP contribution < -0.4 is 15.9 Å². The highest BCUT2D eigenvalue weighted by atomic mass is 32.2. The van der Waals surface area contributed by atoms with Gasteiger partial charge in [0.1, 0.15) is 5.75 Å². The third-order valence-corrected chi connectivity index (χ3v) is 5.28. The molecule has 3 N–H and O–H groups in total. The fourth-order valence-corrected chi connectivity index (χ4v) is 3.44. The number of hydrogen-bond donors (Lipinski definition) is 2. The van der Waals surface area contributed by atoms with Crippen molar-refractivity contribution < 1.29 is 9.53 Å². The van der Waals surface area contributed by atoms with Crippen molar-refractivity contribution >= 4 is 23.4 Å². The maximum Gasteiger partial charge on any atom is 0.234 e. The minimum Gasteiger partial charge on any atom is -0.497 e. The summed E-state index contributed by atoms with van der Waals surface area (Å²) < 4.78 is 6.59. The number of para-hydroxylation sites is 1. The van der Waals surface area contributed by atoms with Gasteiger partial charge in [0.2, 0.25) is 11.1 Å². The van der Waals surface area contributed by atoms with Crippen LogP contribution in [0.4, 0.5) is 5.69 Å². The Morgan fingerprint density at radius 3 is 2.46 bits per heavy atom. The van der Waals surface area contributed by atoms with E-state index in [1.165, 1.54) is 16.4 Å². The average Bonchev–Trinajstić information content (AvgIpc) is 3.03. The summed E-state index contributed by atoms with van der Waals surface area (Å²) >= 11 is 1.26. The smallest absolute Gasteiger partial charge is 0.234 e. The van der Waals surface area contributed by atoms with E-state index < -0.39 is 0 Å². The second kappa shape index (κ2) is 8.79. The molecule has 0 aliphatic carbocycles. The molecule has 0 radical (unpaired) electrons. The minimum atomic E-state index is -0.109. The highest BCUT2D eigenvalue weighted by Gasteiger charge is 2.14. The Labute approximate surface area is 168 Å². The number of aromatic nitrogens is 3. The molecule has 0 spiro atoms. The molecule has 0 unspecified atom stereocenters. The number of anilines is 1. The number of ether oxygens (including phenoxy) is 1. The lowest BCUT2D eigenvalue weighted by molar-refractivity contribution is -0.113. The fraction of sp³-hybridized carbons (Fsp3) is 0.250. The van der Waals surface area contributed by atoms with E-state index >= 15 is 0 Å². The van der Waals surface area contributed by atoms with Crippen molar-refractivity contribution in [2.45, 2.75) is 25.4 Å². The number of thioether (sulfide) groups is 1. The predicted octanol–water partition coefficient (Wildman–Crippen LogP) is 2.94. The normalized spacial score (nSPS) is 10.7. The van der Waals surface area contributed by atoms with Crippen molar-refractivity contribution in [2.75, 3.05) is 24.0 Å². The van der Waals surface area contributed by atoms with E-state index in [9.17, 15) is 4.79 Å². The molecule has 0 fully saturated rings. The first-order chi connectivity index (χ1) is 13.5. The Kier molecular flexibility index (Phi) is 6.20. The molecule has 1 aromatic heterocycles. The van der Waals surface area contributed by atoms with Crippen molar-refractivity contribution in [3.63, 3.8) is 0 Å². The number of nitrogens with one attached hydrogen (secondary N) is 1. The predicted molar refractivity (Wildman–Crippen MR) is 111 cm³/mol. The molecule has 146 valence electrons. The molecule has 3 rings (SSSR count). The number of aryl methyl sites for hydroxylation is 2. The number of nitrogen functional groups attached to an aromatic ring is 1. The Morgan fingerprint density at radius 2 is 1.82 bits per heavy atom. The summed E-state index contributed by atoms with van der Waals surface area (Å²) in [5.41, 5.74) is 3.95. The highest BCUT2D eigenvalue weighted by molar-refractivity contribution is 7.99. The molecule has 7 nitrogen and oxygen atoms in total. The second-order valence-corrected chi connectivity index (χ2v) is 7.34. The van der Waals surface area contributed by atoms with Gasteiger partial charge in [0, 0.05) is 12.1 Å². The molecule has 0 bridgehead atoms. The van der Waals surface area contributed by atoms with Crippen molar-refractivity contribution in [3.05, 3.63) is 65.0 Å². The summed E-state index contributed by atoms with van der Waals surface area (Å²) in [6.45, 7) is 3.94. The first kappa shape index (κ1) is 19.8. The van der Waals surface area contributed by atoms with Crippen molar-refractivity contribution in [3.8, 4) is 5.75 Å². The molecule has 0 aliphatic heterocycles. The molecule has 0 saturated heterocycles. The number of amides is 1. The molecule has 1 amide bonds. The minimum absolute atomic E-state index is 0.109. The summed E-state index contributed by atoms with van der Waals surface area (Å²) in [5.74, 6) is 7.62. The van der Waals surface area contributed by atoms with Gasteiger partial charge in [-0.25, -0.2) is 4.68 Å². The Morgan fingerprint density at radius 1 is 1.14 bits per heavy atom. The van der Waals surface area contributed by atoms with Crippen LogP contribution in [0.5, 0.6) is 5.75 Å². The summed E-state index contributed by atoms with van der Waals surface area (Å²) in [7, 11) is 1.63. The molecule has 0 atom stereocenters. The maximum absolute atomic E-state index is 12.3. The van der Waals surface area contributed by atoms with Gasteiger partial charge in [-0.2, -0.15) is 0 Å². The largest absolute Gasteiger partial charge is 0.497 e. The zero-order chi connectivity index (χ0) is 20.1. The van der Waals surface area contributed by atoms with Crippen molar-refractivity contribution in [1.29, 1.82) is 0 Å². The number of nitrogens with zero attached hydrogens (tertiary/aromatic N) is 3. The highest BCUT2D eigenvalue weighted by Crippen LogP contribution is 2.21. The van der Waals surface area contributed by atoms with Crippen LogP contribution in [0.3, 0.4) is 0 Å². The number of benzene rings is 2.